The van der Waals surface area contributed by atoms with E-state index in [1.54, 1.807) is 17.2 Å². The predicted molar refractivity (Wildman–Crippen MR) is 130 cm³/mol. The van der Waals surface area contributed by atoms with E-state index in [4.69, 9.17) is 12.2 Å². The van der Waals surface area contributed by atoms with Crippen molar-refractivity contribution in [2.45, 2.75) is 20.3 Å². The summed E-state index contributed by atoms with van der Waals surface area (Å²) >= 11 is 6.67. The zero-order valence-electron chi connectivity index (χ0n) is 17.3. The molecule has 0 bridgehead atoms. The van der Waals surface area contributed by atoms with Crippen LogP contribution in [-0.4, -0.2) is 37.6 Å². The minimum Gasteiger partial charge on any atom is -0.370 e. The Morgan fingerprint density at radius 1 is 1.16 bits per heavy atom. The van der Waals surface area contributed by atoms with Crippen molar-refractivity contribution in [2.24, 2.45) is 0 Å². The third-order valence-electron chi connectivity index (χ3n) is 4.97. The first kappa shape index (κ1) is 21.3. The van der Waals surface area contributed by atoms with E-state index in [1.807, 2.05) is 56.3 Å². The van der Waals surface area contributed by atoms with Crippen LogP contribution in [-0.2, 0) is 11.2 Å². The lowest BCUT2D eigenvalue weighted by atomic mass is 10.1. The van der Waals surface area contributed by atoms with Crippen LogP contribution in [0.15, 0.2) is 58.4 Å². The van der Waals surface area contributed by atoms with E-state index in [0.29, 0.717) is 45.8 Å². The number of hydrogen-bond donors (Lipinski definition) is 1. The summed E-state index contributed by atoms with van der Waals surface area (Å²) in [5.41, 5.74) is 2.78. The summed E-state index contributed by atoms with van der Waals surface area (Å²) in [7, 11) is 0. The van der Waals surface area contributed by atoms with Crippen LogP contribution in [0, 0.1) is 6.92 Å². The maximum absolute atomic E-state index is 13.2. The van der Waals surface area contributed by atoms with Gasteiger partial charge in [0.05, 0.1) is 10.5 Å². The molecular weight excluding hydrogens is 428 g/mol. The number of fused-ring (bicyclic) bond motifs is 1. The molecule has 1 aromatic carbocycles. The van der Waals surface area contributed by atoms with Gasteiger partial charge in [-0.1, -0.05) is 60.4 Å². The number of hydrogen-bond acceptors (Lipinski definition) is 6. The predicted octanol–water partition coefficient (Wildman–Crippen LogP) is 3.88. The van der Waals surface area contributed by atoms with Gasteiger partial charge in [-0.3, -0.25) is 18.9 Å². The summed E-state index contributed by atoms with van der Waals surface area (Å²) in [5, 5.41) is 3.15. The minimum absolute atomic E-state index is 0.179. The fraction of sp³-hybridized carbons (Fsp3) is 0.217. The zero-order chi connectivity index (χ0) is 22.0. The van der Waals surface area contributed by atoms with E-state index in [-0.39, 0.29) is 11.5 Å². The number of anilines is 1. The highest BCUT2D eigenvalue weighted by Gasteiger charge is 2.32. The van der Waals surface area contributed by atoms with Crippen LogP contribution in [0.2, 0.25) is 0 Å². The quantitative estimate of drug-likeness (QED) is 0.454. The monoisotopic (exact) mass is 450 g/mol. The number of pyridine rings is 1. The Bertz CT molecular complexity index is 1250. The molecule has 31 heavy (non-hydrogen) atoms. The summed E-state index contributed by atoms with van der Waals surface area (Å²) < 4.78 is 2.01. The molecule has 0 saturated carbocycles. The van der Waals surface area contributed by atoms with E-state index in [2.05, 4.69) is 10.3 Å². The molecule has 4 rings (SSSR count). The number of benzene rings is 1. The van der Waals surface area contributed by atoms with Gasteiger partial charge in [-0.2, -0.15) is 0 Å². The van der Waals surface area contributed by atoms with Gasteiger partial charge in [0.25, 0.3) is 11.5 Å². The fourth-order valence-corrected chi connectivity index (χ4v) is 4.69. The first-order valence-corrected chi connectivity index (χ1v) is 11.3. The molecule has 6 nitrogen and oxygen atoms in total. The third-order valence-corrected chi connectivity index (χ3v) is 6.34. The normalized spacial score (nSPS) is 15.3. The molecule has 1 aliphatic rings. The lowest BCUT2D eigenvalue weighted by Crippen LogP contribution is -2.30. The number of nitrogens with one attached hydrogen (secondary N) is 1. The average Bonchev–Trinajstić information content (AvgIpc) is 3.03. The van der Waals surface area contributed by atoms with Gasteiger partial charge in [0.15, 0.2) is 0 Å². The van der Waals surface area contributed by atoms with Gasteiger partial charge in [0.2, 0.25) is 0 Å². The lowest BCUT2D eigenvalue weighted by Gasteiger charge is -2.14. The van der Waals surface area contributed by atoms with Crippen molar-refractivity contribution in [3.8, 4) is 0 Å². The highest BCUT2D eigenvalue weighted by Crippen LogP contribution is 2.33. The molecule has 158 valence electrons. The number of amides is 1. The third kappa shape index (κ3) is 4.40. The van der Waals surface area contributed by atoms with Gasteiger partial charge in [0, 0.05) is 19.3 Å². The maximum Gasteiger partial charge on any atom is 0.267 e. The number of carbonyl (C=O) groups is 1. The largest absolute Gasteiger partial charge is 0.370 e. The van der Waals surface area contributed by atoms with Crippen molar-refractivity contribution < 1.29 is 4.79 Å². The molecule has 1 saturated heterocycles. The summed E-state index contributed by atoms with van der Waals surface area (Å²) in [6, 6.07) is 13.7. The van der Waals surface area contributed by atoms with Gasteiger partial charge in [-0.05, 0) is 43.5 Å². The van der Waals surface area contributed by atoms with E-state index < -0.39 is 0 Å². The SMILES string of the molecule is CCNc1nc2ccc(C)cn2c(=O)c1/C=C1/SC(=S)N(CCc2ccccc2)C1=O. The standard InChI is InChI=1S/C23H22N4O2S2/c1-3-24-20-17(21(28)27-14-15(2)9-10-19(27)25-20)13-18-22(29)26(23(30)31-18)12-11-16-7-5-4-6-8-16/h4-10,13-14,24H,3,11-12H2,1-2H3/b18-13+. The number of thioether (sulfide) groups is 1. The average molecular weight is 451 g/mol. The number of rotatable bonds is 6. The first-order valence-electron chi connectivity index (χ1n) is 10.0. The molecule has 1 N–H and O–H groups in total. The van der Waals surface area contributed by atoms with Crippen LogP contribution < -0.4 is 10.9 Å². The molecule has 8 heteroatoms. The second kappa shape index (κ2) is 9.03. The second-order valence-corrected chi connectivity index (χ2v) is 8.89. The maximum atomic E-state index is 13.2. The Morgan fingerprint density at radius 2 is 1.94 bits per heavy atom. The molecule has 0 unspecified atom stereocenters. The number of thiocarbonyl (C=S) groups is 1. The van der Waals surface area contributed by atoms with E-state index in [9.17, 15) is 9.59 Å². The topological polar surface area (TPSA) is 66.7 Å². The van der Waals surface area contributed by atoms with E-state index in [0.717, 1.165) is 11.1 Å². The first-order chi connectivity index (χ1) is 15.0. The van der Waals surface area contributed by atoms with Gasteiger partial charge in [0.1, 0.15) is 15.8 Å². The van der Waals surface area contributed by atoms with Gasteiger partial charge in [-0.25, -0.2) is 4.98 Å². The number of carbonyl (C=O) groups excluding carboxylic acids is 1. The van der Waals surface area contributed by atoms with Crippen molar-refractivity contribution in [2.75, 3.05) is 18.4 Å². The van der Waals surface area contributed by atoms with Crippen LogP contribution in [0.4, 0.5) is 5.82 Å². The van der Waals surface area contributed by atoms with Crippen molar-refractivity contribution in [1.29, 1.82) is 0 Å². The van der Waals surface area contributed by atoms with Crippen LogP contribution >= 0.6 is 24.0 Å². The molecule has 3 aromatic rings. The molecular formula is C23H22N4O2S2. The summed E-state index contributed by atoms with van der Waals surface area (Å²) in [6.45, 7) is 4.96. The molecule has 1 fully saturated rings. The minimum atomic E-state index is -0.223. The Balaban J connectivity index is 1.68. The highest BCUT2D eigenvalue weighted by molar-refractivity contribution is 8.26. The van der Waals surface area contributed by atoms with E-state index >= 15 is 0 Å². The van der Waals surface area contributed by atoms with E-state index in [1.165, 1.54) is 16.2 Å². The molecule has 0 atom stereocenters. The van der Waals surface area contributed by atoms with Crippen molar-refractivity contribution in [3.63, 3.8) is 0 Å². The van der Waals surface area contributed by atoms with Gasteiger partial charge < -0.3 is 5.32 Å². The Hall–Kier alpha value is -2.97. The number of nitrogens with zero attached hydrogens (tertiary/aromatic N) is 3. The number of aromatic nitrogens is 2. The smallest absolute Gasteiger partial charge is 0.267 e. The van der Waals surface area contributed by atoms with Crippen LogP contribution in [0.3, 0.4) is 0 Å². The summed E-state index contributed by atoms with van der Waals surface area (Å²) in [5.74, 6) is 0.285. The van der Waals surface area contributed by atoms with Crippen molar-refractivity contribution in [1.82, 2.24) is 14.3 Å². The molecule has 1 amide bonds. The Labute approximate surface area is 190 Å². The molecule has 0 aliphatic carbocycles. The Morgan fingerprint density at radius 3 is 2.68 bits per heavy atom. The van der Waals surface area contributed by atoms with Gasteiger partial charge in [-0.15, -0.1) is 0 Å². The zero-order valence-corrected chi connectivity index (χ0v) is 18.9. The highest BCUT2D eigenvalue weighted by atomic mass is 32.2. The number of aryl methyl sites for hydroxylation is 1. The molecule has 3 heterocycles. The Kier molecular flexibility index (Phi) is 6.20. The van der Waals surface area contributed by atoms with Crippen molar-refractivity contribution >= 4 is 51.7 Å². The van der Waals surface area contributed by atoms with Gasteiger partial charge >= 0.3 is 0 Å². The molecule has 0 spiro atoms. The van der Waals surface area contributed by atoms with Crippen LogP contribution in [0.25, 0.3) is 11.7 Å². The van der Waals surface area contributed by atoms with Crippen LogP contribution in [0.5, 0.6) is 0 Å². The second-order valence-electron chi connectivity index (χ2n) is 7.21. The molecule has 2 aromatic heterocycles. The fourth-order valence-electron chi connectivity index (χ4n) is 3.40. The molecule has 0 radical (unpaired) electrons. The summed E-state index contributed by atoms with van der Waals surface area (Å²) in [4.78, 5) is 32.9. The van der Waals surface area contributed by atoms with Crippen LogP contribution in [0.1, 0.15) is 23.6 Å². The lowest BCUT2D eigenvalue weighted by molar-refractivity contribution is -0.122. The summed E-state index contributed by atoms with van der Waals surface area (Å²) in [6.07, 6.45) is 4.08. The molecule has 1 aliphatic heterocycles. The van der Waals surface area contributed by atoms with Crippen molar-refractivity contribution in [3.05, 3.63) is 80.6 Å².